The highest BCUT2D eigenvalue weighted by molar-refractivity contribution is 7.14. The molecule has 0 aliphatic heterocycles. The number of anilines is 1. The van der Waals surface area contributed by atoms with E-state index in [1.807, 2.05) is 12.1 Å². The predicted octanol–water partition coefficient (Wildman–Crippen LogP) is 3.92. The van der Waals surface area contributed by atoms with Crippen LogP contribution in [-0.4, -0.2) is 31.0 Å². The molecule has 2 amide bonds. The van der Waals surface area contributed by atoms with Gasteiger partial charge in [0.15, 0.2) is 16.6 Å². The van der Waals surface area contributed by atoms with Crippen LogP contribution in [0.3, 0.4) is 0 Å². The third kappa shape index (κ3) is 5.71. The van der Waals surface area contributed by atoms with Gasteiger partial charge in [0.05, 0.1) is 26.3 Å². The number of halogens is 1. The lowest BCUT2D eigenvalue weighted by molar-refractivity contribution is -0.120. The Balaban J connectivity index is 1.54. The van der Waals surface area contributed by atoms with Crippen LogP contribution in [0, 0.1) is 0 Å². The van der Waals surface area contributed by atoms with Crippen LogP contribution < -0.4 is 20.1 Å². The average molecular weight is 446 g/mol. The molecule has 1 aromatic heterocycles. The first-order valence-corrected chi connectivity index (χ1v) is 10.2. The third-order valence-electron chi connectivity index (χ3n) is 4.16. The molecule has 0 aliphatic rings. The Labute approximate surface area is 183 Å². The smallest absolute Gasteiger partial charge is 0.257 e. The van der Waals surface area contributed by atoms with E-state index in [1.165, 1.54) is 25.6 Å². The number of benzene rings is 2. The van der Waals surface area contributed by atoms with Crippen molar-refractivity contribution in [2.24, 2.45) is 0 Å². The van der Waals surface area contributed by atoms with Crippen molar-refractivity contribution in [1.82, 2.24) is 10.3 Å². The van der Waals surface area contributed by atoms with Gasteiger partial charge in [-0.05, 0) is 35.9 Å². The summed E-state index contributed by atoms with van der Waals surface area (Å²) in [6, 6.07) is 12.1. The summed E-state index contributed by atoms with van der Waals surface area (Å²) in [4.78, 5) is 28.9. The van der Waals surface area contributed by atoms with Gasteiger partial charge in [0.1, 0.15) is 0 Å². The van der Waals surface area contributed by atoms with Crippen LogP contribution >= 0.6 is 22.9 Å². The summed E-state index contributed by atoms with van der Waals surface area (Å²) in [5.41, 5.74) is 1.94. The minimum Gasteiger partial charge on any atom is -0.493 e. The van der Waals surface area contributed by atoms with E-state index in [2.05, 4.69) is 15.6 Å². The monoisotopic (exact) mass is 445 g/mol. The van der Waals surface area contributed by atoms with Crippen LogP contribution in [0.15, 0.2) is 47.8 Å². The number of carbonyl (C=O) groups excluding carboxylic acids is 2. The normalized spacial score (nSPS) is 10.4. The standard InChI is InChI=1S/C21H20ClN3O4S/c1-28-17-8-5-14(9-18(17)29-2)20(27)25-21-24-16(12-30-21)10-19(26)23-11-13-3-6-15(22)7-4-13/h3-9,12H,10-11H2,1-2H3,(H,23,26)(H,24,25,27). The minimum absolute atomic E-state index is 0.121. The first kappa shape index (κ1) is 21.6. The Hall–Kier alpha value is -3.10. The lowest BCUT2D eigenvalue weighted by Crippen LogP contribution is -2.24. The second-order valence-electron chi connectivity index (χ2n) is 6.25. The van der Waals surface area contributed by atoms with Gasteiger partial charge >= 0.3 is 0 Å². The predicted molar refractivity (Wildman–Crippen MR) is 117 cm³/mol. The zero-order chi connectivity index (χ0) is 21.5. The lowest BCUT2D eigenvalue weighted by Gasteiger charge is -2.09. The zero-order valence-electron chi connectivity index (χ0n) is 16.4. The van der Waals surface area contributed by atoms with E-state index in [0.717, 1.165) is 5.56 Å². The van der Waals surface area contributed by atoms with Crippen molar-refractivity contribution in [3.8, 4) is 11.5 Å². The van der Waals surface area contributed by atoms with Crippen molar-refractivity contribution < 1.29 is 19.1 Å². The molecule has 1 heterocycles. The first-order valence-electron chi connectivity index (χ1n) is 8.97. The second-order valence-corrected chi connectivity index (χ2v) is 7.54. The summed E-state index contributed by atoms with van der Waals surface area (Å²) in [6.45, 7) is 0.406. The number of nitrogens with zero attached hydrogens (tertiary/aromatic N) is 1. The van der Waals surface area contributed by atoms with E-state index in [1.54, 1.807) is 35.7 Å². The average Bonchev–Trinajstić information content (AvgIpc) is 3.19. The first-order chi connectivity index (χ1) is 14.5. The molecular weight excluding hydrogens is 426 g/mol. The highest BCUT2D eigenvalue weighted by Crippen LogP contribution is 2.28. The molecule has 0 bridgehead atoms. The van der Waals surface area contributed by atoms with Crippen LogP contribution in [0.2, 0.25) is 5.02 Å². The second kappa shape index (κ2) is 10.1. The molecule has 2 aromatic carbocycles. The molecule has 0 unspecified atom stereocenters. The molecule has 156 valence electrons. The Kier molecular flexibility index (Phi) is 7.26. The largest absolute Gasteiger partial charge is 0.493 e. The third-order valence-corrected chi connectivity index (χ3v) is 5.22. The Morgan fingerprint density at radius 3 is 2.50 bits per heavy atom. The number of thiazole rings is 1. The van der Waals surface area contributed by atoms with Gasteiger partial charge in [-0.3, -0.25) is 14.9 Å². The molecule has 0 saturated heterocycles. The zero-order valence-corrected chi connectivity index (χ0v) is 18.0. The molecule has 3 aromatic rings. The number of methoxy groups -OCH3 is 2. The van der Waals surface area contributed by atoms with Gasteiger partial charge < -0.3 is 14.8 Å². The van der Waals surface area contributed by atoms with Crippen molar-refractivity contribution in [1.29, 1.82) is 0 Å². The molecule has 7 nitrogen and oxygen atoms in total. The van der Waals surface area contributed by atoms with Gasteiger partial charge in [0.2, 0.25) is 5.91 Å². The number of amides is 2. The van der Waals surface area contributed by atoms with Crippen molar-refractivity contribution in [3.05, 3.63) is 69.7 Å². The van der Waals surface area contributed by atoms with Crippen LogP contribution in [0.5, 0.6) is 11.5 Å². The molecule has 0 spiro atoms. The van der Waals surface area contributed by atoms with Crippen LogP contribution in [0.25, 0.3) is 0 Å². The number of ether oxygens (including phenoxy) is 2. The maximum Gasteiger partial charge on any atom is 0.257 e. The summed E-state index contributed by atoms with van der Waals surface area (Å²) >= 11 is 7.11. The van der Waals surface area contributed by atoms with Gasteiger partial charge in [0.25, 0.3) is 5.91 Å². The fraction of sp³-hybridized carbons (Fsp3) is 0.190. The molecule has 0 aliphatic carbocycles. The van der Waals surface area contributed by atoms with E-state index >= 15 is 0 Å². The van der Waals surface area contributed by atoms with Crippen molar-refractivity contribution in [2.75, 3.05) is 19.5 Å². The van der Waals surface area contributed by atoms with Gasteiger partial charge in [0, 0.05) is 22.5 Å². The summed E-state index contributed by atoms with van der Waals surface area (Å²) in [5, 5.41) is 8.37. The van der Waals surface area contributed by atoms with Crippen molar-refractivity contribution in [2.45, 2.75) is 13.0 Å². The maximum absolute atomic E-state index is 12.5. The van der Waals surface area contributed by atoms with E-state index < -0.39 is 0 Å². The number of aromatic nitrogens is 1. The van der Waals surface area contributed by atoms with Gasteiger partial charge in [-0.1, -0.05) is 23.7 Å². The molecule has 0 atom stereocenters. The molecule has 2 N–H and O–H groups in total. The van der Waals surface area contributed by atoms with Crippen LogP contribution in [0.1, 0.15) is 21.6 Å². The number of hydrogen-bond acceptors (Lipinski definition) is 6. The number of rotatable bonds is 8. The highest BCUT2D eigenvalue weighted by atomic mass is 35.5. The number of hydrogen-bond donors (Lipinski definition) is 2. The summed E-state index contributed by atoms with van der Waals surface area (Å²) in [5.74, 6) is 0.509. The lowest BCUT2D eigenvalue weighted by atomic mass is 10.2. The molecule has 0 saturated carbocycles. The minimum atomic E-state index is -0.330. The SMILES string of the molecule is COc1ccc(C(=O)Nc2nc(CC(=O)NCc3ccc(Cl)cc3)cs2)cc1OC. The van der Waals surface area contributed by atoms with Crippen molar-refractivity contribution in [3.63, 3.8) is 0 Å². The molecule has 0 fully saturated rings. The summed E-state index contributed by atoms with van der Waals surface area (Å²) in [7, 11) is 3.03. The van der Waals surface area contributed by atoms with E-state index in [-0.39, 0.29) is 18.2 Å². The molecule has 0 radical (unpaired) electrons. The fourth-order valence-corrected chi connectivity index (χ4v) is 3.45. The molecule has 30 heavy (non-hydrogen) atoms. The summed E-state index contributed by atoms with van der Waals surface area (Å²) in [6.07, 6.45) is 0.121. The molecule has 9 heteroatoms. The van der Waals surface area contributed by atoms with E-state index in [4.69, 9.17) is 21.1 Å². The summed E-state index contributed by atoms with van der Waals surface area (Å²) < 4.78 is 10.4. The van der Waals surface area contributed by atoms with E-state index in [9.17, 15) is 9.59 Å². The molecule has 3 rings (SSSR count). The highest BCUT2D eigenvalue weighted by Gasteiger charge is 2.14. The number of nitrogens with one attached hydrogen (secondary N) is 2. The quantitative estimate of drug-likeness (QED) is 0.548. The van der Waals surface area contributed by atoms with Gasteiger partial charge in [-0.15, -0.1) is 11.3 Å². The topological polar surface area (TPSA) is 89.5 Å². The number of carbonyl (C=O) groups is 2. The maximum atomic E-state index is 12.5. The molecular formula is C21H20ClN3O4S. The fourth-order valence-electron chi connectivity index (χ4n) is 2.62. The Morgan fingerprint density at radius 1 is 1.07 bits per heavy atom. The van der Waals surface area contributed by atoms with Crippen LogP contribution in [-0.2, 0) is 17.8 Å². The van der Waals surface area contributed by atoms with Crippen molar-refractivity contribution >= 4 is 39.9 Å². The van der Waals surface area contributed by atoms with Crippen LogP contribution in [0.4, 0.5) is 5.13 Å². The van der Waals surface area contributed by atoms with Gasteiger partial charge in [-0.25, -0.2) is 4.98 Å². The Bertz CT molecular complexity index is 1040. The Morgan fingerprint density at radius 2 is 1.80 bits per heavy atom. The van der Waals surface area contributed by atoms with Gasteiger partial charge in [-0.2, -0.15) is 0 Å². The van der Waals surface area contributed by atoms with E-state index in [0.29, 0.717) is 39.5 Å².